The average Bonchev–Trinajstić information content (AvgIpc) is 2.69. The van der Waals surface area contributed by atoms with Crippen LogP contribution in [-0.2, 0) is 6.42 Å². The fourth-order valence-corrected chi connectivity index (χ4v) is 2.82. The first-order valence-electron chi connectivity index (χ1n) is 8.54. The van der Waals surface area contributed by atoms with Gasteiger partial charge >= 0.3 is 0 Å². The molecule has 2 aromatic carbocycles. The van der Waals surface area contributed by atoms with Crippen LogP contribution in [0.25, 0.3) is 0 Å². The van der Waals surface area contributed by atoms with Gasteiger partial charge in [-0.3, -0.25) is 4.79 Å². The Morgan fingerprint density at radius 1 is 1.11 bits per heavy atom. The Kier molecular flexibility index (Phi) is 6.28. The topological polar surface area (TPSA) is 63.2 Å². The third-order valence-electron chi connectivity index (χ3n) is 3.98. The van der Waals surface area contributed by atoms with Crippen LogP contribution in [0.3, 0.4) is 0 Å². The van der Waals surface area contributed by atoms with E-state index in [1.807, 2.05) is 42.5 Å². The smallest absolute Gasteiger partial charge is 0.274 e. The molecule has 27 heavy (non-hydrogen) atoms. The van der Waals surface area contributed by atoms with Gasteiger partial charge in [-0.25, -0.2) is 4.98 Å². The van der Waals surface area contributed by atoms with Crippen molar-refractivity contribution in [3.8, 4) is 5.75 Å². The molecule has 1 aromatic heterocycles. The molecule has 2 N–H and O–H groups in total. The molecule has 0 aliphatic heterocycles. The quantitative estimate of drug-likeness (QED) is 0.625. The van der Waals surface area contributed by atoms with Gasteiger partial charge in [-0.15, -0.1) is 0 Å². The minimum absolute atomic E-state index is 0.287. The van der Waals surface area contributed by atoms with Crippen LogP contribution in [0.4, 0.5) is 11.4 Å². The van der Waals surface area contributed by atoms with E-state index in [0.29, 0.717) is 17.1 Å². The van der Waals surface area contributed by atoms with Gasteiger partial charge in [0, 0.05) is 11.6 Å². The van der Waals surface area contributed by atoms with Crippen LogP contribution in [0.5, 0.6) is 5.75 Å². The molecular weight excluding hydrogens is 362 g/mol. The lowest BCUT2D eigenvalue weighted by Gasteiger charge is -2.10. The highest BCUT2D eigenvalue weighted by Gasteiger charge is 2.10. The first-order chi connectivity index (χ1) is 13.2. The lowest BCUT2D eigenvalue weighted by molar-refractivity contribution is 0.102. The highest BCUT2D eigenvalue weighted by atomic mass is 35.5. The average molecular weight is 382 g/mol. The SMILES string of the molecule is COc1ccccc1NC(=O)c1ccc(NCCc2cccc(Cl)c2)cn1. The van der Waals surface area contributed by atoms with Crippen molar-refractivity contribution in [2.24, 2.45) is 0 Å². The molecule has 1 heterocycles. The molecular formula is C21H20ClN3O2. The largest absolute Gasteiger partial charge is 0.495 e. The van der Waals surface area contributed by atoms with Crippen molar-refractivity contribution in [1.82, 2.24) is 4.98 Å². The molecule has 0 atom stereocenters. The number of hydrogen-bond acceptors (Lipinski definition) is 4. The molecule has 0 saturated heterocycles. The summed E-state index contributed by atoms with van der Waals surface area (Å²) in [6, 6.07) is 18.6. The number of ether oxygens (including phenoxy) is 1. The number of pyridine rings is 1. The van der Waals surface area contributed by atoms with E-state index in [-0.39, 0.29) is 5.91 Å². The van der Waals surface area contributed by atoms with Crippen LogP contribution in [0.1, 0.15) is 16.1 Å². The van der Waals surface area contributed by atoms with Crippen molar-refractivity contribution >= 4 is 28.9 Å². The summed E-state index contributed by atoms with van der Waals surface area (Å²) in [6.45, 7) is 0.745. The normalized spacial score (nSPS) is 10.3. The molecule has 0 radical (unpaired) electrons. The zero-order valence-electron chi connectivity index (χ0n) is 14.9. The summed E-state index contributed by atoms with van der Waals surface area (Å²) in [7, 11) is 1.56. The van der Waals surface area contributed by atoms with E-state index in [2.05, 4.69) is 15.6 Å². The summed E-state index contributed by atoms with van der Waals surface area (Å²) >= 11 is 5.99. The standard InChI is InChI=1S/C21H20ClN3O2/c1-27-20-8-3-2-7-18(20)25-21(26)19-10-9-17(14-24-19)23-12-11-15-5-4-6-16(22)13-15/h2-10,13-14,23H,11-12H2,1H3,(H,25,26). The van der Waals surface area contributed by atoms with E-state index in [4.69, 9.17) is 16.3 Å². The van der Waals surface area contributed by atoms with Crippen LogP contribution >= 0.6 is 11.6 Å². The molecule has 0 bridgehead atoms. The van der Waals surface area contributed by atoms with Gasteiger partial charge in [0.1, 0.15) is 11.4 Å². The van der Waals surface area contributed by atoms with Crippen LogP contribution in [0, 0.1) is 0 Å². The number of amides is 1. The third-order valence-corrected chi connectivity index (χ3v) is 4.22. The second-order valence-corrected chi connectivity index (χ2v) is 6.33. The Balaban J connectivity index is 1.55. The number of rotatable bonds is 7. The molecule has 0 spiro atoms. The summed E-state index contributed by atoms with van der Waals surface area (Å²) in [5.74, 6) is 0.315. The zero-order chi connectivity index (χ0) is 19.1. The maximum Gasteiger partial charge on any atom is 0.274 e. The Bertz CT molecular complexity index is 913. The second kappa shape index (κ2) is 9.05. The van der Waals surface area contributed by atoms with Crippen LogP contribution in [0.15, 0.2) is 66.9 Å². The monoisotopic (exact) mass is 381 g/mol. The summed E-state index contributed by atoms with van der Waals surface area (Å²) in [5.41, 5.74) is 2.96. The van der Waals surface area contributed by atoms with E-state index in [0.717, 1.165) is 29.2 Å². The molecule has 6 heteroatoms. The van der Waals surface area contributed by atoms with E-state index in [9.17, 15) is 4.79 Å². The van der Waals surface area contributed by atoms with Gasteiger partial charge < -0.3 is 15.4 Å². The second-order valence-electron chi connectivity index (χ2n) is 5.89. The molecule has 0 aliphatic rings. The maximum atomic E-state index is 12.4. The molecule has 0 unspecified atom stereocenters. The third kappa shape index (κ3) is 5.21. The van der Waals surface area contributed by atoms with Crippen LogP contribution in [0.2, 0.25) is 5.02 Å². The Morgan fingerprint density at radius 3 is 2.70 bits per heavy atom. The molecule has 138 valence electrons. The molecule has 0 fully saturated rings. The molecule has 5 nitrogen and oxygen atoms in total. The maximum absolute atomic E-state index is 12.4. The number of benzene rings is 2. The predicted octanol–water partition coefficient (Wildman–Crippen LogP) is 4.65. The summed E-state index contributed by atoms with van der Waals surface area (Å²) in [6.07, 6.45) is 2.49. The number of carbonyl (C=O) groups excluding carboxylic acids is 1. The number of anilines is 2. The lowest BCUT2D eigenvalue weighted by Crippen LogP contribution is -2.14. The van der Waals surface area contributed by atoms with E-state index in [1.54, 1.807) is 31.5 Å². The van der Waals surface area contributed by atoms with Gasteiger partial charge in [0.15, 0.2) is 0 Å². The number of aromatic nitrogens is 1. The first kappa shape index (κ1) is 18.7. The number of methoxy groups -OCH3 is 1. The fraction of sp³-hybridized carbons (Fsp3) is 0.143. The summed E-state index contributed by atoms with van der Waals surface area (Å²) < 4.78 is 5.24. The number of nitrogens with one attached hydrogen (secondary N) is 2. The minimum atomic E-state index is -0.287. The van der Waals surface area contributed by atoms with E-state index < -0.39 is 0 Å². The highest BCUT2D eigenvalue weighted by Crippen LogP contribution is 2.23. The zero-order valence-corrected chi connectivity index (χ0v) is 15.7. The van der Waals surface area contributed by atoms with E-state index in [1.165, 1.54) is 0 Å². The van der Waals surface area contributed by atoms with Crippen molar-refractivity contribution in [3.63, 3.8) is 0 Å². The molecule has 3 rings (SSSR count). The number of halogens is 1. The van der Waals surface area contributed by atoms with Gasteiger partial charge in [0.2, 0.25) is 0 Å². The van der Waals surface area contributed by atoms with Crippen LogP contribution in [-0.4, -0.2) is 24.5 Å². The van der Waals surface area contributed by atoms with Crippen molar-refractivity contribution in [2.45, 2.75) is 6.42 Å². The molecule has 1 amide bonds. The first-order valence-corrected chi connectivity index (χ1v) is 8.92. The van der Waals surface area contributed by atoms with Gasteiger partial charge in [0.05, 0.1) is 24.7 Å². The highest BCUT2D eigenvalue weighted by molar-refractivity contribution is 6.30. The minimum Gasteiger partial charge on any atom is -0.495 e. The van der Waals surface area contributed by atoms with E-state index >= 15 is 0 Å². The summed E-state index contributed by atoms with van der Waals surface area (Å²) in [5, 5.41) is 6.83. The molecule has 3 aromatic rings. The lowest BCUT2D eigenvalue weighted by atomic mass is 10.1. The number of para-hydroxylation sites is 2. The number of carbonyl (C=O) groups is 1. The Labute approximate surface area is 163 Å². The van der Waals surface area contributed by atoms with Gasteiger partial charge in [-0.2, -0.15) is 0 Å². The Hall–Kier alpha value is -3.05. The Morgan fingerprint density at radius 2 is 1.96 bits per heavy atom. The van der Waals surface area contributed by atoms with Crippen molar-refractivity contribution in [3.05, 3.63) is 83.1 Å². The van der Waals surface area contributed by atoms with Gasteiger partial charge in [-0.05, 0) is 48.4 Å². The van der Waals surface area contributed by atoms with Gasteiger partial charge in [-0.1, -0.05) is 35.9 Å². The number of nitrogens with zero attached hydrogens (tertiary/aromatic N) is 1. The summed E-state index contributed by atoms with van der Waals surface area (Å²) in [4.78, 5) is 16.6. The van der Waals surface area contributed by atoms with Gasteiger partial charge in [0.25, 0.3) is 5.91 Å². The van der Waals surface area contributed by atoms with Crippen molar-refractivity contribution < 1.29 is 9.53 Å². The molecule has 0 saturated carbocycles. The molecule has 0 aliphatic carbocycles. The fourth-order valence-electron chi connectivity index (χ4n) is 2.61. The van der Waals surface area contributed by atoms with Crippen LogP contribution < -0.4 is 15.4 Å². The van der Waals surface area contributed by atoms with Crippen molar-refractivity contribution in [1.29, 1.82) is 0 Å². The number of hydrogen-bond donors (Lipinski definition) is 2. The van der Waals surface area contributed by atoms with Crippen molar-refractivity contribution in [2.75, 3.05) is 24.3 Å². The predicted molar refractivity (Wildman–Crippen MR) is 109 cm³/mol.